The van der Waals surface area contributed by atoms with E-state index in [0.717, 1.165) is 22.5 Å². The molecule has 0 bridgehead atoms. The highest BCUT2D eigenvalue weighted by Gasteiger charge is 2.16. The summed E-state index contributed by atoms with van der Waals surface area (Å²) in [6.07, 6.45) is 0. The molecule has 2 aromatic carbocycles. The highest BCUT2D eigenvalue weighted by molar-refractivity contribution is 7.20. The summed E-state index contributed by atoms with van der Waals surface area (Å²) in [6, 6.07) is 17.0. The average Bonchev–Trinajstić information content (AvgIpc) is 2.94. The van der Waals surface area contributed by atoms with Crippen LogP contribution in [0.15, 0.2) is 54.6 Å². The number of hydrogen-bond donors (Lipinski definition) is 1. The fraction of sp³-hybridized carbons (Fsp3) is 0.105. The molecule has 0 aliphatic rings. The van der Waals surface area contributed by atoms with Crippen LogP contribution in [0.2, 0.25) is 8.67 Å². The van der Waals surface area contributed by atoms with Crippen molar-refractivity contribution >= 4 is 46.1 Å². The zero-order chi connectivity index (χ0) is 17.8. The number of rotatable bonds is 5. The predicted molar refractivity (Wildman–Crippen MR) is 104 cm³/mol. The molecule has 25 heavy (non-hydrogen) atoms. The molecule has 0 unspecified atom stereocenters. The lowest BCUT2D eigenvalue weighted by molar-refractivity contribution is 0.102. The molecule has 6 heteroatoms. The van der Waals surface area contributed by atoms with Crippen molar-refractivity contribution in [1.82, 2.24) is 0 Å². The van der Waals surface area contributed by atoms with E-state index in [9.17, 15) is 4.79 Å². The third-order valence-electron chi connectivity index (χ3n) is 3.52. The first kappa shape index (κ1) is 17.8. The van der Waals surface area contributed by atoms with Gasteiger partial charge in [-0.25, -0.2) is 0 Å². The minimum absolute atomic E-state index is 0.318. The Labute approximate surface area is 160 Å². The second-order valence-electron chi connectivity index (χ2n) is 5.47. The molecule has 3 rings (SSSR count). The maximum Gasteiger partial charge on any atom is 0.258 e. The lowest BCUT2D eigenvalue weighted by Crippen LogP contribution is -2.12. The van der Waals surface area contributed by atoms with Gasteiger partial charge in [-0.1, -0.05) is 59.6 Å². The molecule has 0 fully saturated rings. The van der Waals surface area contributed by atoms with Gasteiger partial charge in [0.15, 0.2) is 0 Å². The monoisotopic (exact) mass is 391 g/mol. The Morgan fingerprint density at radius 3 is 2.56 bits per heavy atom. The topological polar surface area (TPSA) is 38.3 Å². The summed E-state index contributed by atoms with van der Waals surface area (Å²) in [4.78, 5) is 12.5. The van der Waals surface area contributed by atoms with Crippen LogP contribution in [-0.2, 0) is 6.61 Å². The number of anilines is 1. The van der Waals surface area contributed by atoms with Gasteiger partial charge in [-0.15, -0.1) is 11.3 Å². The molecule has 128 valence electrons. The quantitative estimate of drug-likeness (QED) is 0.562. The Hall–Kier alpha value is -2.01. The van der Waals surface area contributed by atoms with Crippen LogP contribution in [0.25, 0.3) is 0 Å². The molecule has 3 aromatic rings. The molecule has 0 saturated heterocycles. The largest absolute Gasteiger partial charge is 0.487 e. The number of thiophene rings is 1. The number of carbonyl (C=O) groups excluding carboxylic acids is 1. The smallest absolute Gasteiger partial charge is 0.258 e. The van der Waals surface area contributed by atoms with Gasteiger partial charge in [-0.3, -0.25) is 4.79 Å². The van der Waals surface area contributed by atoms with E-state index in [2.05, 4.69) is 5.32 Å². The molecule has 0 saturated carbocycles. The summed E-state index contributed by atoms with van der Waals surface area (Å²) in [6.45, 7) is 2.38. The fourth-order valence-electron chi connectivity index (χ4n) is 2.27. The van der Waals surface area contributed by atoms with E-state index in [1.165, 1.54) is 0 Å². The summed E-state index contributed by atoms with van der Waals surface area (Å²) in [7, 11) is 0. The van der Waals surface area contributed by atoms with Gasteiger partial charge in [0.2, 0.25) is 0 Å². The van der Waals surface area contributed by atoms with Gasteiger partial charge in [0.1, 0.15) is 16.7 Å². The summed E-state index contributed by atoms with van der Waals surface area (Å²) >= 11 is 13.1. The average molecular weight is 392 g/mol. The second kappa shape index (κ2) is 7.91. The van der Waals surface area contributed by atoms with E-state index < -0.39 is 0 Å². The van der Waals surface area contributed by atoms with Crippen LogP contribution in [0, 0.1) is 6.92 Å². The minimum Gasteiger partial charge on any atom is -0.487 e. The number of benzene rings is 2. The summed E-state index contributed by atoms with van der Waals surface area (Å²) < 4.78 is 6.74. The third-order valence-corrected chi connectivity index (χ3v) is 5.01. The van der Waals surface area contributed by atoms with Crippen LogP contribution in [0.1, 0.15) is 21.5 Å². The first-order valence-corrected chi connectivity index (χ1v) is 9.14. The molecular formula is C19H15Cl2NO2S. The first-order chi connectivity index (χ1) is 12.0. The highest BCUT2D eigenvalue weighted by atomic mass is 35.5. The molecular weight excluding hydrogens is 377 g/mol. The Balaban J connectivity index is 1.79. The molecule has 0 atom stereocenters. The molecule has 1 aromatic heterocycles. The maximum absolute atomic E-state index is 12.5. The standard InChI is InChI=1S/C19H15Cl2NO2S/c1-12-7-8-15(22-19(23)14-10-17(20)25-18(14)21)16(9-12)24-11-13-5-3-2-4-6-13/h2-10H,11H2,1H3,(H,22,23). The van der Waals surface area contributed by atoms with Crippen molar-refractivity contribution < 1.29 is 9.53 Å². The normalized spacial score (nSPS) is 10.5. The lowest BCUT2D eigenvalue weighted by Gasteiger charge is -2.13. The van der Waals surface area contributed by atoms with E-state index in [0.29, 0.717) is 32.3 Å². The van der Waals surface area contributed by atoms with Crippen molar-refractivity contribution in [3.63, 3.8) is 0 Å². The molecule has 3 nitrogen and oxygen atoms in total. The number of hydrogen-bond acceptors (Lipinski definition) is 3. The van der Waals surface area contributed by atoms with Crippen molar-refractivity contribution in [3.05, 3.63) is 80.0 Å². The van der Waals surface area contributed by atoms with Crippen LogP contribution in [0.3, 0.4) is 0 Å². The van der Waals surface area contributed by atoms with Gasteiger partial charge in [-0.05, 0) is 36.2 Å². The molecule has 1 N–H and O–H groups in total. The molecule has 0 aliphatic carbocycles. The van der Waals surface area contributed by atoms with Crippen molar-refractivity contribution in [1.29, 1.82) is 0 Å². The van der Waals surface area contributed by atoms with Crippen LogP contribution in [-0.4, -0.2) is 5.91 Å². The lowest BCUT2D eigenvalue weighted by atomic mass is 10.2. The summed E-state index contributed by atoms with van der Waals surface area (Å²) in [5, 5.41) is 2.84. The Morgan fingerprint density at radius 1 is 1.12 bits per heavy atom. The van der Waals surface area contributed by atoms with E-state index in [4.69, 9.17) is 27.9 Å². The number of ether oxygens (including phenoxy) is 1. The number of amides is 1. The predicted octanol–water partition coefficient (Wildman–Crippen LogP) is 6.19. The van der Waals surface area contributed by atoms with E-state index in [1.807, 2.05) is 55.5 Å². The van der Waals surface area contributed by atoms with Gasteiger partial charge >= 0.3 is 0 Å². The van der Waals surface area contributed by atoms with Gasteiger partial charge in [-0.2, -0.15) is 0 Å². The van der Waals surface area contributed by atoms with Crippen molar-refractivity contribution in [3.8, 4) is 5.75 Å². The van der Waals surface area contributed by atoms with E-state index in [-0.39, 0.29) is 5.91 Å². The van der Waals surface area contributed by atoms with Gasteiger partial charge in [0, 0.05) is 0 Å². The molecule has 1 amide bonds. The number of aryl methyl sites for hydroxylation is 1. The first-order valence-electron chi connectivity index (χ1n) is 7.56. The highest BCUT2D eigenvalue weighted by Crippen LogP contribution is 2.33. The van der Waals surface area contributed by atoms with Crippen molar-refractivity contribution in [2.45, 2.75) is 13.5 Å². The zero-order valence-corrected chi connectivity index (χ0v) is 15.7. The zero-order valence-electron chi connectivity index (χ0n) is 13.4. The van der Waals surface area contributed by atoms with Crippen molar-refractivity contribution in [2.75, 3.05) is 5.32 Å². The summed E-state index contributed by atoms with van der Waals surface area (Å²) in [5.41, 5.74) is 3.03. The van der Waals surface area contributed by atoms with Crippen LogP contribution in [0.5, 0.6) is 5.75 Å². The number of halogens is 2. The van der Waals surface area contributed by atoms with Crippen LogP contribution < -0.4 is 10.1 Å². The van der Waals surface area contributed by atoms with Gasteiger partial charge in [0.05, 0.1) is 15.6 Å². The van der Waals surface area contributed by atoms with Gasteiger partial charge in [0.25, 0.3) is 5.91 Å². The number of nitrogens with one attached hydrogen (secondary N) is 1. The van der Waals surface area contributed by atoms with Crippen molar-refractivity contribution in [2.24, 2.45) is 0 Å². The van der Waals surface area contributed by atoms with Gasteiger partial charge < -0.3 is 10.1 Å². The third kappa shape index (κ3) is 4.54. The van der Waals surface area contributed by atoms with E-state index in [1.54, 1.807) is 6.07 Å². The molecule has 0 spiro atoms. The maximum atomic E-state index is 12.5. The Kier molecular flexibility index (Phi) is 5.63. The Morgan fingerprint density at radius 2 is 1.88 bits per heavy atom. The SMILES string of the molecule is Cc1ccc(NC(=O)c2cc(Cl)sc2Cl)c(OCc2ccccc2)c1. The number of carbonyl (C=O) groups is 1. The Bertz CT molecular complexity index is 894. The fourth-order valence-corrected chi connectivity index (χ4v) is 3.73. The molecule has 1 heterocycles. The minimum atomic E-state index is -0.318. The van der Waals surface area contributed by atoms with E-state index >= 15 is 0 Å². The van der Waals surface area contributed by atoms with Crippen LogP contribution in [0.4, 0.5) is 5.69 Å². The molecule has 0 aliphatic heterocycles. The molecule has 0 radical (unpaired) electrons. The van der Waals surface area contributed by atoms with Crippen LogP contribution >= 0.6 is 34.5 Å². The summed E-state index contributed by atoms with van der Waals surface area (Å²) in [5.74, 6) is 0.288. The second-order valence-corrected chi connectivity index (χ2v) is 7.75.